The summed E-state index contributed by atoms with van der Waals surface area (Å²) in [6, 6.07) is 7.70. The second-order valence-electron chi connectivity index (χ2n) is 7.69. The first-order chi connectivity index (χ1) is 15.1. The Kier molecular flexibility index (Phi) is 5.03. The number of aromatic nitrogens is 6. The highest BCUT2D eigenvalue weighted by atomic mass is 35.5. The molecule has 0 saturated heterocycles. The van der Waals surface area contributed by atoms with Crippen LogP contribution < -0.4 is 16.2 Å². The van der Waals surface area contributed by atoms with Gasteiger partial charge in [-0.15, -0.1) is 0 Å². The summed E-state index contributed by atoms with van der Waals surface area (Å²) in [5.41, 5.74) is 2.05. The first-order valence-electron chi connectivity index (χ1n) is 10.1. The van der Waals surface area contributed by atoms with Gasteiger partial charge in [0.2, 0.25) is 5.95 Å². The van der Waals surface area contributed by atoms with Gasteiger partial charge in [0.1, 0.15) is 5.82 Å². The van der Waals surface area contributed by atoms with Crippen LogP contribution in [0.15, 0.2) is 54.0 Å². The standard InChI is InChI=1S/C21H21ClN8O/c1-29-12-26-20-17(29)5-7-19(31)30(20)16-4-6-18(23-11-16)27-14-2-3-15(8-14)28-21-24-9-13(22)10-25-21/h4-7,9-12,14-15H,2-3,8H2,1H3,(H,23,27)(H,24,25,28)/t14-,15-/m0/s1. The van der Waals surface area contributed by atoms with Crippen LogP contribution in [0.25, 0.3) is 16.9 Å². The molecule has 5 rings (SSSR count). The largest absolute Gasteiger partial charge is 0.367 e. The molecule has 4 aromatic rings. The van der Waals surface area contributed by atoms with E-state index in [0.717, 1.165) is 30.6 Å². The zero-order chi connectivity index (χ0) is 21.4. The molecule has 0 radical (unpaired) electrons. The number of hydrogen-bond acceptors (Lipinski definition) is 7. The third-order valence-corrected chi connectivity index (χ3v) is 5.72. The Hall–Kier alpha value is -3.46. The van der Waals surface area contributed by atoms with Gasteiger partial charge < -0.3 is 15.2 Å². The molecule has 0 amide bonds. The zero-order valence-corrected chi connectivity index (χ0v) is 17.6. The quantitative estimate of drug-likeness (QED) is 0.495. The molecular weight excluding hydrogens is 416 g/mol. The van der Waals surface area contributed by atoms with Crippen LogP contribution in [0.3, 0.4) is 0 Å². The zero-order valence-electron chi connectivity index (χ0n) is 16.9. The van der Waals surface area contributed by atoms with Gasteiger partial charge in [0, 0.05) is 25.2 Å². The highest BCUT2D eigenvalue weighted by Crippen LogP contribution is 2.25. The van der Waals surface area contributed by atoms with Crippen molar-refractivity contribution in [2.75, 3.05) is 10.6 Å². The molecule has 0 aliphatic heterocycles. The van der Waals surface area contributed by atoms with Crippen molar-refractivity contribution in [2.24, 2.45) is 7.05 Å². The maximum absolute atomic E-state index is 12.5. The molecular formula is C21H21ClN8O. The molecule has 4 heterocycles. The molecule has 158 valence electrons. The normalized spacial score (nSPS) is 18.4. The van der Waals surface area contributed by atoms with Gasteiger partial charge in [0.05, 0.1) is 41.1 Å². The summed E-state index contributed by atoms with van der Waals surface area (Å²) in [5, 5.41) is 7.35. The molecule has 4 aromatic heterocycles. The van der Waals surface area contributed by atoms with Gasteiger partial charge in [-0.25, -0.2) is 19.9 Å². The Labute approximate surface area is 183 Å². The van der Waals surface area contributed by atoms with Gasteiger partial charge in [-0.05, 0) is 37.5 Å². The number of fused-ring (bicyclic) bond motifs is 1. The molecule has 10 heteroatoms. The first kappa shape index (κ1) is 19.5. The van der Waals surface area contributed by atoms with Gasteiger partial charge in [0.15, 0.2) is 5.65 Å². The summed E-state index contributed by atoms with van der Waals surface area (Å²) in [7, 11) is 1.90. The number of nitrogens with zero attached hydrogens (tertiary/aromatic N) is 6. The van der Waals surface area contributed by atoms with Crippen LogP contribution in [0.2, 0.25) is 5.02 Å². The Morgan fingerprint density at radius 1 is 0.968 bits per heavy atom. The number of hydrogen-bond donors (Lipinski definition) is 2. The van der Waals surface area contributed by atoms with Crippen LogP contribution in [0.1, 0.15) is 19.3 Å². The lowest BCUT2D eigenvalue weighted by molar-refractivity contribution is 0.716. The minimum Gasteiger partial charge on any atom is -0.367 e. The van der Waals surface area contributed by atoms with Crippen molar-refractivity contribution in [3.63, 3.8) is 0 Å². The topological polar surface area (TPSA) is 103 Å². The third-order valence-electron chi connectivity index (χ3n) is 5.52. The van der Waals surface area contributed by atoms with Crippen LogP contribution in [-0.4, -0.2) is 41.2 Å². The lowest BCUT2D eigenvalue weighted by Crippen LogP contribution is -2.22. The maximum Gasteiger partial charge on any atom is 0.256 e. The molecule has 0 unspecified atom stereocenters. The van der Waals surface area contributed by atoms with Gasteiger partial charge in [-0.1, -0.05) is 11.6 Å². The molecule has 31 heavy (non-hydrogen) atoms. The van der Waals surface area contributed by atoms with Crippen molar-refractivity contribution in [2.45, 2.75) is 31.3 Å². The van der Waals surface area contributed by atoms with Crippen LogP contribution >= 0.6 is 11.6 Å². The SMILES string of the molecule is Cn1cnc2c1ccc(=O)n2-c1ccc(N[C@H]2CC[C@H](Nc3ncc(Cl)cn3)C2)nc1. The number of anilines is 2. The molecule has 2 atom stereocenters. The predicted octanol–water partition coefficient (Wildman–Crippen LogP) is 3.01. The fourth-order valence-corrected chi connectivity index (χ4v) is 4.09. The van der Waals surface area contributed by atoms with E-state index in [1.54, 1.807) is 41.6 Å². The predicted molar refractivity (Wildman–Crippen MR) is 120 cm³/mol. The van der Waals surface area contributed by atoms with Crippen molar-refractivity contribution in [3.8, 4) is 5.69 Å². The van der Waals surface area contributed by atoms with Crippen molar-refractivity contribution < 1.29 is 0 Å². The Morgan fingerprint density at radius 2 is 1.74 bits per heavy atom. The first-order valence-corrected chi connectivity index (χ1v) is 10.4. The maximum atomic E-state index is 12.5. The lowest BCUT2D eigenvalue weighted by atomic mass is 10.2. The molecule has 0 bridgehead atoms. The lowest BCUT2D eigenvalue weighted by Gasteiger charge is -2.15. The van der Waals surface area contributed by atoms with Crippen molar-refractivity contribution >= 4 is 34.5 Å². The summed E-state index contributed by atoms with van der Waals surface area (Å²) >= 11 is 5.84. The second kappa shape index (κ2) is 7.99. The molecule has 0 spiro atoms. The van der Waals surface area contributed by atoms with Crippen LogP contribution in [0.4, 0.5) is 11.8 Å². The molecule has 2 N–H and O–H groups in total. The van der Waals surface area contributed by atoms with Crippen molar-refractivity contribution in [1.29, 1.82) is 0 Å². The van der Waals surface area contributed by atoms with Crippen molar-refractivity contribution in [3.05, 3.63) is 64.6 Å². The smallest absolute Gasteiger partial charge is 0.256 e. The fraction of sp³-hybridized carbons (Fsp3) is 0.286. The highest BCUT2D eigenvalue weighted by molar-refractivity contribution is 6.30. The van der Waals surface area contributed by atoms with E-state index in [1.807, 2.05) is 23.7 Å². The second-order valence-corrected chi connectivity index (χ2v) is 8.13. The number of pyridine rings is 2. The fourth-order valence-electron chi connectivity index (χ4n) is 4.00. The monoisotopic (exact) mass is 436 g/mol. The Bertz CT molecular complexity index is 1270. The molecule has 1 fully saturated rings. The number of halogens is 1. The molecule has 9 nitrogen and oxygen atoms in total. The minimum atomic E-state index is -0.136. The van der Waals surface area contributed by atoms with Crippen LogP contribution in [0.5, 0.6) is 0 Å². The number of nitrogens with one attached hydrogen (secondary N) is 2. The van der Waals surface area contributed by atoms with E-state index < -0.39 is 0 Å². The van der Waals surface area contributed by atoms with E-state index in [1.165, 1.54) is 0 Å². The van der Waals surface area contributed by atoms with Crippen LogP contribution in [0, 0.1) is 0 Å². The Balaban J connectivity index is 1.27. The molecule has 1 aliphatic carbocycles. The van der Waals surface area contributed by atoms with Gasteiger partial charge in [0.25, 0.3) is 5.56 Å². The van der Waals surface area contributed by atoms with E-state index in [9.17, 15) is 4.79 Å². The number of imidazole rings is 1. The van der Waals surface area contributed by atoms with E-state index in [-0.39, 0.29) is 5.56 Å². The molecule has 1 aliphatic rings. The average Bonchev–Trinajstić information content (AvgIpc) is 3.37. The summed E-state index contributed by atoms with van der Waals surface area (Å²) in [6.07, 6.45) is 9.53. The summed E-state index contributed by atoms with van der Waals surface area (Å²) in [6.45, 7) is 0. The van der Waals surface area contributed by atoms with Gasteiger partial charge >= 0.3 is 0 Å². The van der Waals surface area contributed by atoms with E-state index in [4.69, 9.17) is 11.6 Å². The summed E-state index contributed by atoms with van der Waals surface area (Å²) in [5.74, 6) is 1.37. The average molecular weight is 437 g/mol. The van der Waals surface area contributed by atoms with E-state index in [0.29, 0.717) is 34.4 Å². The van der Waals surface area contributed by atoms with Gasteiger partial charge in [-0.3, -0.25) is 9.36 Å². The summed E-state index contributed by atoms with van der Waals surface area (Å²) in [4.78, 5) is 29.7. The minimum absolute atomic E-state index is 0.136. The van der Waals surface area contributed by atoms with E-state index in [2.05, 4.69) is 30.6 Å². The van der Waals surface area contributed by atoms with Crippen molar-refractivity contribution in [1.82, 2.24) is 29.1 Å². The molecule has 1 saturated carbocycles. The van der Waals surface area contributed by atoms with Crippen LogP contribution in [-0.2, 0) is 7.05 Å². The highest BCUT2D eigenvalue weighted by Gasteiger charge is 2.25. The third kappa shape index (κ3) is 3.96. The molecule has 0 aromatic carbocycles. The Morgan fingerprint density at radius 3 is 2.48 bits per heavy atom. The number of rotatable bonds is 5. The van der Waals surface area contributed by atoms with Gasteiger partial charge in [-0.2, -0.15) is 0 Å². The van der Waals surface area contributed by atoms with E-state index >= 15 is 0 Å². The number of aryl methyl sites for hydroxylation is 1. The summed E-state index contributed by atoms with van der Waals surface area (Å²) < 4.78 is 3.46.